The summed E-state index contributed by atoms with van der Waals surface area (Å²) in [7, 11) is 0. The van der Waals surface area contributed by atoms with Gasteiger partial charge in [-0.05, 0) is 67.9 Å². The van der Waals surface area contributed by atoms with Crippen molar-refractivity contribution in [3.05, 3.63) is 53.6 Å². The van der Waals surface area contributed by atoms with Crippen molar-refractivity contribution in [2.24, 2.45) is 17.3 Å². The Morgan fingerprint density at radius 3 is 2.45 bits per heavy atom. The molecule has 0 bridgehead atoms. The first-order chi connectivity index (χ1) is 14.3. The summed E-state index contributed by atoms with van der Waals surface area (Å²) in [6.07, 6.45) is 21.1. The molecule has 0 aliphatic heterocycles. The van der Waals surface area contributed by atoms with Crippen molar-refractivity contribution in [2.45, 2.75) is 103 Å². The number of hydrogen-bond acceptors (Lipinski definition) is 0. The Labute approximate surface area is 179 Å². The molecule has 0 nitrogen and oxygen atoms in total. The lowest BCUT2D eigenvalue weighted by molar-refractivity contribution is 0.200. The molecule has 2 saturated carbocycles. The number of unbranched alkanes of at least 4 members (excludes halogenated alkanes) is 3. The van der Waals surface area contributed by atoms with Crippen LogP contribution in [0.25, 0.3) is 5.57 Å². The Balaban J connectivity index is 1.72. The maximum Gasteiger partial charge on any atom is 0.0198 e. The largest absolute Gasteiger partial charge is 0.0943 e. The van der Waals surface area contributed by atoms with E-state index >= 15 is 0 Å². The molecule has 2 fully saturated rings. The first-order valence-corrected chi connectivity index (χ1v) is 12.7. The van der Waals surface area contributed by atoms with Crippen LogP contribution in [0.3, 0.4) is 0 Å². The van der Waals surface area contributed by atoms with Gasteiger partial charge >= 0.3 is 0 Å². The van der Waals surface area contributed by atoms with Crippen LogP contribution in [0, 0.1) is 17.3 Å². The molecule has 0 N–H and O–H groups in total. The highest BCUT2D eigenvalue weighted by atomic mass is 14.6. The Hall–Kier alpha value is -1.30. The van der Waals surface area contributed by atoms with Crippen molar-refractivity contribution in [3.8, 4) is 0 Å². The van der Waals surface area contributed by atoms with Gasteiger partial charge in [0.15, 0.2) is 0 Å². The van der Waals surface area contributed by atoms with Crippen LogP contribution in [0.5, 0.6) is 0 Å². The van der Waals surface area contributed by atoms with Gasteiger partial charge in [-0.1, -0.05) is 106 Å². The number of fused-ring (bicyclic) bond motifs is 1. The molecule has 4 rings (SSSR count). The van der Waals surface area contributed by atoms with Crippen molar-refractivity contribution >= 4 is 5.57 Å². The van der Waals surface area contributed by atoms with E-state index in [1.165, 1.54) is 107 Å². The standard InChI is InChI=1S/C29H42/c1-3-4-5-8-19-26-22-27-20-13-14-21-29(27,23(2)24-15-9-6-10-16-24)28(26)25-17-11-7-12-18-25/h6,9-10,15-16,25,27H,2-5,7-8,11-14,17-22H2,1H3/t27-,29+/m1/s1. The molecule has 0 unspecified atom stereocenters. The SMILES string of the molecule is C=C(c1ccccc1)[C@@]12CCCC[C@@H]1CC(CCCCCC)=C2C1CCCCC1. The van der Waals surface area contributed by atoms with Crippen molar-refractivity contribution in [3.63, 3.8) is 0 Å². The lowest BCUT2D eigenvalue weighted by atomic mass is 9.57. The zero-order valence-corrected chi connectivity index (χ0v) is 18.9. The highest BCUT2D eigenvalue weighted by molar-refractivity contribution is 5.74. The van der Waals surface area contributed by atoms with E-state index in [1.54, 1.807) is 0 Å². The van der Waals surface area contributed by atoms with E-state index < -0.39 is 0 Å². The number of rotatable bonds is 8. The maximum absolute atomic E-state index is 4.84. The average molecular weight is 391 g/mol. The molecule has 3 aliphatic rings. The van der Waals surface area contributed by atoms with Crippen LogP contribution < -0.4 is 0 Å². The summed E-state index contributed by atoms with van der Waals surface area (Å²) in [5, 5.41) is 0. The van der Waals surface area contributed by atoms with Crippen molar-refractivity contribution < 1.29 is 0 Å². The van der Waals surface area contributed by atoms with Crippen LogP contribution in [-0.2, 0) is 0 Å². The predicted octanol–water partition coefficient (Wildman–Crippen LogP) is 9.13. The van der Waals surface area contributed by atoms with Crippen molar-refractivity contribution in [1.82, 2.24) is 0 Å². The lowest BCUT2D eigenvalue weighted by Crippen LogP contribution is -2.36. The fraction of sp³-hybridized carbons (Fsp3) is 0.655. The second kappa shape index (κ2) is 9.67. The Morgan fingerprint density at radius 2 is 1.69 bits per heavy atom. The van der Waals surface area contributed by atoms with Crippen LogP contribution in [0.4, 0.5) is 0 Å². The van der Waals surface area contributed by atoms with Crippen molar-refractivity contribution in [2.75, 3.05) is 0 Å². The molecule has 0 aromatic heterocycles. The maximum atomic E-state index is 4.84. The fourth-order valence-corrected chi connectivity index (χ4v) is 7.10. The molecule has 0 heterocycles. The third kappa shape index (κ3) is 4.14. The minimum absolute atomic E-state index is 0.279. The second-order valence-corrected chi connectivity index (χ2v) is 10.1. The average Bonchev–Trinajstić information content (AvgIpc) is 3.12. The monoisotopic (exact) mass is 390 g/mol. The van der Waals surface area contributed by atoms with Gasteiger partial charge < -0.3 is 0 Å². The van der Waals surface area contributed by atoms with Gasteiger partial charge in [0.2, 0.25) is 0 Å². The number of benzene rings is 1. The normalized spacial score (nSPS) is 27.8. The van der Waals surface area contributed by atoms with Gasteiger partial charge in [0, 0.05) is 5.41 Å². The van der Waals surface area contributed by atoms with Crippen LogP contribution >= 0.6 is 0 Å². The molecule has 3 aliphatic carbocycles. The van der Waals surface area contributed by atoms with E-state index in [0.717, 1.165) is 11.8 Å². The Bertz CT molecular complexity index is 703. The fourth-order valence-electron chi connectivity index (χ4n) is 7.10. The van der Waals surface area contributed by atoms with Gasteiger partial charge in [-0.2, -0.15) is 0 Å². The molecule has 29 heavy (non-hydrogen) atoms. The number of hydrogen-bond donors (Lipinski definition) is 0. The molecule has 0 amide bonds. The molecule has 158 valence electrons. The van der Waals surface area contributed by atoms with Gasteiger partial charge in [-0.3, -0.25) is 0 Å². The highest BCUT2D eigenvalue weighted by Crippen LogP contribution is 2.64. The first kappa shape index (κ1) is 21.0. The van der Waals surface area contributed by atoms with Crippen LogP contribution in [-0.4, -0.2) is 0 Å². The third-order valence-corrected chi connectivity index (χ3v) is 8.43. The van der Waals surface area contributed by atoms with Crippen LogP contribution in [0.15, 0.2) is 48.1 Å². The smallest absolute Gasteiger partial charge is 0.0198 e. The topological polar surface area (TPSA) is 0 Å². The predicted molar refractivity (Wildman–Crippen MR) is 127 cm³/mol. The molecule has 0 radical (unpaired) electrons. The molecule has 1 aromatic rings. The third-order valence-electron chi connectivity index (χ3n) is 8.43. The minimum atomic E-state index is 0.279. The summed E-state index contributed by atoms with van der Waals surface area (Å²) in [5.74, 6) is 1.66. The molecule has 1 aromatic carbocycles. The van der Waals surface area contributed by atoms with Gasteiger partial charge in [-0.15, -0.1) is 0 Å². The highest BCUT2D eigenvalue weighted by Gasteiger charge is 2.52. The van der Waals surface area contributed by atoms with Gasteiger partial charge in [0.1, 0.15) is 0 Å². The molecule has 2 atom stereocenters. The quantitative estimate of drug-likeness (QED) is 0.306. The summed E-state index contributed by atoms with van der Waals surface area (Å²) in [6, 6.07) is 11.2. The van der Waals surface area contributed by atoms with Crippen LogP contribution in [0.2, 0.25) is 0 Å². The van der Waals surface area contributed by atoms with Gasteiger partial charge in [0.05, 0.1) is 0 Å². The Kier molecular flexibility index (Phi) is 6.99. The lowest BCUT2D eigenvalue weighted by Gasteiger charge is -2.47. The summed E-state index contributed by atoms with van der Waals surface area (Å²) < 4.78 is 0. The van der Waals surface area contributed by atoms with Gasteiger partial charge in [0.25, 0.3) is 0 Å². The van der Waals surface area contributed by atoms with Crippen molar-refractivity contribution in [1.29, 1.82) is 0 Å². The molecule has 0 heteroatoms. The van der Waals surface area contributed by atoms with E-state index in [4.69, 9.17) is 6.58 Å². The molecule has 0 saturated heterocycles. The molecule has 0 spiro atoms. The summed E-state index contributed by atoms with van der Waals surface area (Å²) in [4.78, 5) is 0. The zero-order valence-electron chi connectivity index (χ0n) is 18.9. The summed E-state index contributed by atoms with van der Waals surface area (Å²) in [5.41, 5.74) is 6.96. The zero-order chi connectivity index (χ0) is 20.1. The number of allylic oxidation sites excluding steroid dienone is 3. The second-order valence-electron chi connectivity index (χ2n) is 10.1. The minimum Gasteiger partial charge on any atom is -0.0943 e. The van der Waals surface area contributed by atoms with Crippen LogP contribution in [0.1, 0.15) is 109 Å². The van der Waals surface area contributed by atoms with E-state index in [9.17, 15) is 0 Å². The first-order valence-electron chi connectivity index (χ1n) is 12.7. The van der Waals surface area contributed by atoms with E-state index in [2.05, 4.69) is 37.3 Å². The summed E-state index contributed by atoms with van der Waals surface area (Å²) in [6.45, 7) is 7.17. The van der Waals surface area contributed by atoms with Gasteiger partial charge in [-0.25, -0.2) is 0 Å². The van der Waals surface area contributed by atoms with E-state index in [0.29, 0.717) is 0 Å². The molecular weight excluding hydrogens is 348 g/mol. The molecular formula is C29H42. The summed E-state index contributed by atoms with van der Waals surface area (Å²) >= 11 is 0. The van der Waals surface area contributed by atoms with E-state index in [-0.39, 0.29) is 5.41 Å². The Morgan fingerprint density at radius 1 is 0.931 bits per heavy atom. The van der Waals surface area contributed by atoms with E-state index in [1.807, 2.05) is 11.1 Å².